The summed E-state index contributed by atoms with van der Waals surface area (Å²) in [5.41, 5.74) is 3.87. The summed E-state index contributed by atoms with van der Waals surface area (Å²) in [5.74, 6) is -0.473. The van der Waals surface area contributed by atoms with Gasteiger partial charge in [-0.25, -0.2) is 0 Å². The van der Waals surface area contributed by atoms with Crippen LogP contribution in [0.2, 0.25) is 0 Å². The fourth-order valence-corrected chi connectivity index (χ4v) is 3.50. The van der Waals surface area contributed by atoms with Gasteiger partial charge in [0.1, 0.15) is 0 Å². The van der Waals surface area contributed by atoms with Crippen molar-refractivity contribution in [1.82, 2.24) is 10.6 Å². The molecule has 0 saturated carbocycles. The molecule has 0 spiro atoms. The van der Waals surface area contributed by atoms with Crippen LogP contribution in [0, 0.1) is 3.57 Å². The molecule has 0 aliphatic rings. The molecule has 0 radical (unpaired) electrons. The van der Waals surface area contributed by atoms with Crippen LogP contribution in [0.3, 0.4) is 0 Å². The van der Waals surface area contributed by atoms with Gasteiger partial charge in [-0.05, 0) is 58.3 Å². The molecule has 2 amide bonds. The first-order chi connectivity index (χ1) is 13.5. The SMILES string of the molecule is CC(NC(=O)CNC(=O)c1ccccc1I)c1ccc(-c2ccccc2)cc1. The third kappa shape index (κ3) is 5.19. The topological polar surface area (TPSA) is 58.2 Å². The number of hydrogen-bond donors (Lipinski definition) is 2. The van der Waals surface area contributed by atoms with Gasteiger partial charge in [0.15, 0.2) is 0 Å². The Morgan fingerprint density at radius 3 is 2.14 bits per heavy atom. The first-order valence-electron chi connectivity index (χ1n) is 9.02. The van der Waals surface area contributed by atoms with E-state index in [1.807, 2.05) is 61.5 Å². The molecule has 0 aliphatic carbocycles. The Morgan fingerprint density at radius 1 is 0.857 bits per heavy atom. The van der Waals surface area contributed by atoms with Crippen molar-refractivity contribution in [3.05, 3.63) is 93.6 Å². The number of rotatable bonds is 6. The van der Waals surface area contributed by atoms with E-state index in [0.717, 1.165) is 20.3 Å². The minimum Gasteiger partial charge on any atom is -0.348 e. The smallest absolute Gasteiger partial charge is 0.252 e. The van der Waals surface area contributed by atoms with Crippen LogP contribution in [0.15, 0.2) is 78.9 Å². The first-order valence-corrected chi connectivity index (χ1v) is 10.1. The molecule has 142 valence electrons. The molecule has 3 rings (SSSR count). The monoisotopic (exact) mass is 484 g/mol. The molecule has 0 heterocycles. The Balaban J connectivity index is 1.54. The zero-order chi connectivity index (χ0) is 19.9. The number of carbonyl (C=O) groups excluding carboxylic acids is 2. The molecule has 0 fully saturated rings. The van der Waals surface area contributed by atoms with Gasteiger partial charge in [0.05, 0.1) is 18.2 Å². The van der Waals surface area contributed by atoms with E-state index in [0.29, 0.717) is 5.56 Å². The van der Waals surface area contributed by atoms with Gasteiger partial charge in [-0.3, -0.25) is 9.59 Å². The molecular weight excluding hydrogens is 463 g/mol. The van der Waals surface area contributed by atoms with Crippen molar-refractivity contribution in [1.29, 1.82) is 0 Å². The fraction of sp³-hybridized carbons (Fsp3) is 0.130. The van der Waals surface area contributed by atoms with Crippen LogP contribution in [0.5, 0.6) is 0 Å². The molecular formula is C23H21IN2O2. The third-order valence-electron chi connectivity index (χ3n) is 4.42. The average Bonchev–Trinajstić information content (AvgIpc) is 2.73. The molecule has 1 unspecified atom stereocenters. The van der Waals surface area contributed by atoms with Crippen LogP contribution in [0.25, 0.3) is 11.1 Å². The lowest BCUT2D eigenvalue weighted by atomic mass is 10.0. The molecule has 28 heavy (non-hydrogen) atoms. The van der Waals surface area contributed by atoms with Crippen molar-refractivity contribution in [2.24, 2.45) is 0 Å². The molecule has 2 N–H and O–H groups in total. The Morgan fingerprint density at radius 2 is 1.46 bits per heavy atom. The van der Waals surface area contributed by atoms with E-state index in [2.05, 4.69) is 45.4 Å². The number of hydrogen-bond acceptors (Lipinski definition) is 2. The second kappa shape index (κ2) is 9.50. The average molecular weight is 484 g/mol. The highest BCUT2D eigenvalue weighted by molar-refractivity contribution is 14.1. The number of halogens is 1. The van der Waals surface area contributed by atoms with E-state index >= 15 is 0 Å². The van der Waals surface area contributed by atoms with Crippen molar-refractivity contribution < 1.29 is 9.59 Å². The van der Waals surface area contributed by atoms with Gasteiger partial charge in [-0.15, -0.1) is 0 Å². The molecule has 0 saturated heterocycles. The van der Waals surface area contributed by atoms with E-state index in [1.54, 1.807) is 12.1 Å². The van der Waals surface area contributed by atoms with E-state index in [9.17, 15) is 9.59 Å². The second-order valence-electron chi connectivity index (χ2n) is 6.44. The fourth-order valence-electron chi connectivity index (χ4n) is 2.87. The lowest BCUT2D eigenvalue weighted by Gasteiger charge is -2.15. The maximum Gasteiger partial charge on any atom is 0.252 e. The van der Waals surface area contributed by atoms with Crippen LogP contribution < -0.4 is 10.6 Å². The maximum atomic E-state index is 12.2. The first kappa shape index (κ1) is 20.1. The van der Waals surface area contributed by atoms with Crippen LogP contribution in [0.4, 0.5) is 0 Å². The highest BCUT2D eigenvalue weighted by Gasteiger charge is 2.13. The Labute approximate surface area is 178 Å². The summed E-state index contributed by atoms with van der Waals surface area (Å²) in [4.78, 5) is 24.4. The van der Waals surface area contributed by atoms with E-state index in [4.69, 9.17) is 0 Å². The predicted octanol–water partition coefficient (Wildman–Crippen LogP) is 4.57. The molecule has 0 aromatic heterocycles. The number of nitrogens with one attached hydrogen (secondary N) is 2. The third-order valence-corrected chi connectivity index (χ3v) is 5.36. The number of benzene rings is 3. The number of amides is 2. The van der Waals surface area contributed by atoms with Gasteiger partial charge in [0.25, 0.3) is 5.91 Å². The van der Waals surface area contributed by atoms with Crippen molar-refractivity contribution in [3.63, 3.8) is 0 Å². The molecule has 1 atom stereocenters. The lowest BCUT2D eigenvalue weighted by molar-refractivity contribution is -0.120. The van der Waals surface area contributed by atoms with Crippen LogP contribution in [0.1, 0.15) is 28.9 Å². The van der Waals surface area contributed by atoms with Crippen LogP contribution in [-0.2, 0) is 4.79 Å². The molecule has 3 aromatic rings. The Bertz CT molecular complexity index is 956. The largest absolute Gasteiger partial charge is 0.348 e. The summed E-state index contributed by atoms with van der Waals surface area (Å²) in [6, 6.07) is 25.4. The normalized spacial score (nSPS) is 11.5. The minimum absolute atomic E-state index is 0.0593. The van der Waals surface area contributed by atoms with E-state index < -0.39 is 0 Å². The van der Waals surface area contributed by atoms with Crippen LogP contribution >= 0.6 is 22.6 Å². The van der Waals surface area contributed by atoms with Gasteiger partial charge < -0.3 is 10.6 Å². The number of carbonyl (C=O) groups is 2. The van der Waals surface area contributed by atoms with Crippen molar-refractivity contribution in [2.75, 3.05) is 6.54 Å². The van der Waals surface area contributed by atoms with Gasteiger partial charge in [0, 0.05) is 3.57 Å². The van der Waals surface area contributed by atoms with Crippen LogP contribution in [-0.4, -0.2) is 18.4 Å². The molecule has 0 bridgehead atoms. The minimum atomic E-state index is -0.250. The highest BCUT2D eigenvalue weighted by atomic mass is 127. The summed E-state index contributed by atoms with van der Waals surface area (Å²) >= 11 is 2.11. The van der Waals surface area contributed by atoms with Crippen molar-refractivity contribution in [2.45, 2.75) is 13.0 Å². The predicted molar refractivity (Wildman–Crippen MR) is 120 cm³/mol. The standard InChI is InChI=1S/C23H21IN2O2/c1-16(17-11-13-19(14-12-17)18-7-3-2-4-8-18)26-22(27)15-25-23(28)20-9-5-6-10-21(20)24/h2-14,16H,15H2,1H3,(H,25,28)(H,26,27). The highest BCUT2D eigenvalue weighted by Crippen LogP contribution is 2.21. The summed E-state index contributed by atoms with van der Waals surface area (Å²) in [6.07, 6.45) is 0. The summed E-state index contributed by atoms with van der Waals surface area (Å²) in [6.45, 7) is 1.87. The van der Waals surface area contributed by atoms with Gasteiger partial charge in [-0.1, -0.05) is 66.7 Å². The van der Waals surface area contributed by atoms with Gasteiger partial charge in [-0.2, -0.15) is 0 Å². The van der Waals surface area contributed by atoms with E-state index in [-0.39, 0.29) is 24.4 Å². The molecule has 3 aromatic carbocycles. The zero-order valence-electron chi connectivity index (χ0n) is 15.5. The zero-order valence-corrected chi connectivity index (χ0v) is 17.6. The molecule has 5 heteroatoms. The lowest BCUT2D eigenvalue weighted by Crippen LogP contribution is -2.38. The molecule has 0 aliphatic heterocycles. The second-order valence-corrected chi connectivity index (χ2v) is 7.60. The Kier molecular flexibility index (Phi) is 6.81. The van der Waals surface area contributed by atoms with E-state index in [1.165, 1.54) is 0 Å². The van der Waals surface area contributed by atoms with Crippen molar-refractivity contribution >= 4 is 34.4 Å². The maximum absolute atomic E-state index is 12.2. The Hall–Kier alpha value is -2.67. The quantitative estimate of drug-likeness (QED) is 0.504. The van der Waals surface area contributed by atoms with Gasteiger partial charge in [0.2, 0.25) is 5.91 Å². The van der Waals surface area contributed by atoms with Gasteiger partial charge >= 0.3 is 0 Å². The summed E-state index contributed by atoms with van der Waals surface area (Å²) in [7, 11) is 0. The summed E-state index contributed by atoms with van der Waals surface area (Å²) in [5, 5.41) is 5.59. The summed E-state index contributed by atoms with van der Waals surface area (Å²) < 4.78 is 0.852. The van der Waals surface area contributed by atoms with Crippen molar-refractivity contribution in [3.8, 4) is 11.1 Å². The molecule has 4 nitrogen and oxygen atoms in total.